The Morgan fingerprint density at radius 3 is 2.55 bits per heavy atom. The van der Waals surface area contributed by atoms with Crippen LogP contribution in [0.4, 0.5) is 0 Å². The quantitative estimate of drug-likeness (QED) is 0.777. The number of nitrogens with one attached hydrogen (secondary N) is 1. The number of rotatable bonds is 7. The number of ether oxygens (including phenoxy) is 2. The molecule has 2 rings (SSSR count). The van der Waals surface area contributed by atoms with Gasteiger partial charge in [0.25, 0.3) is 0 Å². The maximum atomic E-state index is 6.11. The standard InChI is InChI=1S/C17H33NO2/c1-13(2)18-12-17(9-11-20-16(3,4)5)8-10-19-15(17)14-6-7-14/h13-15,18H,6-12H2,1-5H3. The third kappa shape index (κ3) is 4.44. The van der Waals surface area contributed by atoms with Crippen LogP contribution in [-0.2, 0) is 9.47 Å². The van der Waals surface area contributed by atoms with Crippen LogP contribution in [0.1, 0.15) is 60.3 Å². The molecule has 0 radical (unpaired) electrons. The minimum atomic E-state index is -0.0405. The van der Waals surface area contributed by atoms with E-state index in [0.717, 1.165) is 32.1 Å². The van der Waals surface area contributed by atoms with Gasteiger partial charge in [0.15, 0.2) is 0 Å². The summed E-state index contributed by atoms with van der Waals surface area (Å²) in [4.78, 5) is 0. The fourth-order valence-electron chi connectivity index (χ4n) is 3.26. The molecule has 2 unspecified atom stereocenters. The van der Waals surface area contributed by atoms with Gasteiger partial charge in [0, 0.05) is 31.2 Å². The van der Waals surface area contributed by atoms with Crippen molar-refractivity contribution in [3.05, 3.63) is 0 Å². The number of hydrogen-bond acceptors (Lipinski definition) is 3. The Hall–Kier alpha value is -0.120. The van der Waals surface area contributed by atoms with Crippen molar-refractivity contribution in [2.45, 2.75) is 78.0 Å². The first-order valence-electron chi connectivity index (χ1n) is 8.31. The largest absolute Gasteiger partial charge is 0.377 e. The van der Waals surface area contributed by atoms with Crippen LogP contribution in [0, 0.1) is 11.3 Å². The van der Waals surface area contributed by atoms with E-state index in [9.17, 15) is 0 Å². The summed E-state index contributed by atoms with van der Waals surface area (Å²) in [5.74, 6) is 0.807. The lowest BCUT2D eigenvalue weighted by Crippen LogP contribution is -2.45. The average molecular weight is 283 g/mol. The Kier molecular flexibility index (Phi) is 5.14. The van der Waals surface area contributed by atoms with Crippen molar-refractivity contribution in [3.63, 3.8) is 0 Å². The SMILES string of the molecule is CC(C)NCC1(CCOC(C)(C)C)CCOC1C1CC1. The first kappa shape index (κ1) is 16.3. The van der Waals surface area contributed by atoms with Gasteiger partial charge < -0.3 is 14.8 Å². The van der Waals surface area contributed by atoms with Crippen LogP contribution in [0.5, 0.6) is 0 Å². The van der Waals surface area contributed by atoms with E-state index < -0.39 is 0 Å². The van der Waals surface area contributed by atoms with Crippen LogP contribution in [0.25, 0.3) is 0 Å². The van der Waals surface area contributed by atoms with Gasteiger partial charge in [-0.05, 0) is 52.4 Å². The van der Waals surface area contributed by atoms with Gasteiger partial charge in [-0.25, -0.2) is 0 Å². The molecule has 0 aromatic heterocycles. The van der Waals surface area contributed by atoms with Crippen LogP contribution >= 0.6 is 0 Å². The van der Waals surface area contributed by atoms with Gasteiger partial charge in [0.1, 0.15) is 0 Å². The normalized spacial score (nSPS) is 31.2. The fraction of sp³-hybridized carbons (Fsp3) is 1.00. The summed E-state index contributed by atoms with van der Waals surface area (Å²) in [5.41, 5.74) is 0.248. The summed E-state index contributed by atoms with van der Waals surface area (Å²) < 4.78 is 12.1. The summed E-state index contributed by atoms with van der Waals surface area (Å²) in [7, 11) is 0. The molecule has 0 spiro atoms. The van der Waals surface area contributed by atoms with Crippen LogP contribution < -0.4 is 5.32 Å². The highest BCUT2D eigenvalue weighted by molar-refractivity contribution is 5.00. The molecule has 1 heterocycles. The first-order valence-corrected chi connectivity index (χ1v) is 8.31. The lowest BCUT2D eigenvalue weighted by Gasteiger charge is -2.36. The highest BCUT2D eigenvalue weighted by Crippen LogP contribution is 2.49. The predicted octanol–water partition coefficient (Wildman–Crippen LogP) is 3.37. The molecule has 1 aliphatic heterocycles. The van der Waals surface area contributed by atoms with Crippen molar-refractivity contribution < 1.29 is 9.47 Å². The zero-order valence-electron chi connectivity index (χ0n) is 14.0. The molecule has 0 bridgehead atoms. The Morgan fingerprint density at radius 2 is 2.00 bits per heavy atom. The molecule has 3 heteroatoms. The lowest BCUT2D eigenvalue weighted by molar-refractivity contribution is -0.0370. The van der Waals surface area contributed by atoms with Gasteiger partial charge in [-0.1, -0.05) is 13.8 Å². The second-order valence-corrected chi connectivity index (χ2v) is 7.99. The molecular weight excluding hydrogens is 250 g/mol. The maximum absolute atomic E-state index is 6.11. The molecule has 2 aliphatic rings. The monoisotopic (exact) mass is 283 g/mol. The maximum Gasteiger partial charge on any atom is 0.0673 e. The molecule has 1 N–H and O–H groups in total. The van der Waals surface area contributed by atoms with E-state index in [1.807, 2.05) is 0 Å². The summed E-state index contributed by atoms with van der Waals surface area (Å²) in [6, 6.07) is 0.538. The lowest BCUT2D eigenvalue weighted by atomic mass is 9.76. The zero-order valence-corrected chi connectivity index (χ0v) is 14.0. The van der Waals surface area contributed by atoms with Crippen molar-refractivity contribution in [2.75, 3.05) is 19.8 Å². The van der Waals surface area contributed by atoms with Crippen molar-refractivity contribution >= 4 is 0 Å². The summed E-state index contributed by atoms with van der Waals surface area (Å²) in [5, 5.41) is 3.65. The average Bonchev–Trinajstić information content (AvgIpc) is 3.08. The minimum absolute atomic E-state index is 0.0405. The van der Waals surface area contributed by atoms with Crippen LogP contribution in [-0.4, -0.2) is 37.5 Å². The molecule has 1 aliphatic carbocycles. The Labute approximate surface area is 124 Å². The zero-order chi connectivity index (χ0) is 14.8. The third-order valence-corrected chi connectivity index (χ3v) is 4.55. The van der Waals surface area contributed by atoms with Gasteiger partial charge >= 0.3 is 0 Å². The first-order chi connectivity index (χ1) is 9.32. The van der Waals surface area contributed by atoms with Crippen molar-refractivity contribution in [2.24, 2.45) is 11.3 Å². The third-order valence-electron chi connectivity index (χ3n) is 4.55. The minimum Gasteiger partial charge on any atom is -0.377 e. The molecule has 1 saturated heterocycles. The molecule has 0 amide bonds. The van der Waals surface area contributed by atoms with Gasteiger partial charge in [-0.3, -0.25) is 0 Å². The van der Waals surface area contributed by atoms with Crippen LogP contribution in [0.3, 0.4) is 0 Å². The Balaban J connectivity index is 1.95. The van der Waals surface area contributed by atoms with E-state index in [2.05, 4.69) is 39.9 Å². The molecule has 1 saturated carbocycles. The molecule has 118 valence electrons. The van der Waals surface area contributed by atoms with Crippen molar-refractivity contribution in [1.82, 2.24) is 5.32 Å². The molecule has 0 aromatic rings. The number of hydrogen-bond donors (Lipinski definition) is 1. The van der Waals surface area contributed by atoms with E-state index in [1.54, 1.807) is 0 Å². The molecule has 3 nitrogen and oxygen atoms in total. The van der Waals surface area contributed by atoms with E-state index in [-0.39, 0.29) is 11.0 Å². The van der Waals surface area contributed by atoms with Gasteiger partial charge in [-0.15, -0.1) is 0 Å². The van der Waals surface area contributed by atoms with Crippen molar-refractivity contribution in [3.8, 4) is 0 Å². The Bertz CT molecular complexity index is 307. The fourth-order valence-corrected chi connectivity index (χ4v) is 3.26. The molecule has 2 atom stereocenters. The molecule has 20 heavy (non-hydrogen) atoms. The van der Waals surface area contributed by atoms with Crippen LogP contribution in [0.15, 0.2) is 0 Å². The van der Waals surface area contributed by atoms with E-state index in [4.69, 9.17) is 9.47 Å². The van der Waals surface area contributed by atoms with Crippen LogP contribution in [0.2, 0.25) is 0 Å². The topological polar surface area (TPSA) is 30.5 Å². The highest BCUT2D eigenvalue weighted by atomic mass is 16.5. The molecule has 0 aromatic carbocycles. The van der Waals surface area contributed by atoms with Gasteiger partial charge in [0.2, 0.25) is 0 Å². The summed E-state index contributed by atoms with van der Waals surface area (Å²) in [6.45, 7) is 13.7. The van der Waals surface area contributed by atoms with Gasteiger partial charge in [0.05, 0.1) is 11.7 Å². The Morgan fingerprint density at radius 1 is 1.30 bits per heavy atom. The molecule has 2 fully saturated rings. The van der Waals surface area contributed by atoms with Gasteiger partial charge in [-0.2, -0.15) is 0 Å². The summed E-state index contributed by atoms with van der Waals surface area (Å²) in [6.07, 6.45) is 5.46. The summed E-state index contributed by atoms with van der Waals surface area (Å²) >= 11 is 0. The predicted molar refractivity (Wildman–Crippen MR) is 83.0 cm³/mol. The van der Waals surface area contributed by atoms with E-state index in [0.29, 0.717) is 12.1 Å². The van der Waals surface area contributed by atoms with E-state index in [1.165, 1.54) is 19.3 Å². The van der Waals surface area contributed by atoms with E-state index >= 15 is 0 Å². The second-order valence-electron chi connectivity index (χ2n) is 7.99. The smallest absolute Gasteiger partial charge is 0.0673 e. The highest BCUT2D eigenvalue weighted by Gasteiger charge is 2.50. The molecular formula is C17H33NO2. The van der Waals surface area contributed by atoms with Crippen molar-refractivity contribution in [1.29, 1.82) is 0 Å². The second kappa shape index (κ2) is 6.33.